The van der Waals surface area contributed by atoms with Crippen LogP contribution >= 0.6 is 12.2 Å². The lowest BCUT2D eigenvalue weighted by atomic mass is 10.2. The van der Waals surface area contributed by atoms with E-state index in [0.29, 0.717) is 17.3 Å². The second-order valence-corrected chi connectivity index (χ2v) is 5.05. The first kappa shape index (κ1) is 13.5. The van der Waals surface area contributed by atoms with Crippen LogP contribution in [0.1, 0.15) is 5.56 Å². The van der Waals surface area contributed by atoms with E-state index >= 15 is 0 Å². The van der Waals surface area contributed by atoms with Gasteiger partial charge in [-0.05, 0) is 12.1 Å². The Morgan fingerprint density at radius 1 is 0.952 bits per heavy atom. The van der Waals surface area contributed by atoms with Gasteiger partial charge in [0.1, 0.15) is 24.4 Å². The van der Waals surface area contributed by atoms with Gasteiger partial charge in [0.05, 0.1) is 4.86 Å². The molecule has 1 heterocycles. The molecule has 0 saturated carbocycles. The summed E-state index contributed by atoms with van der Waals surface area (Å²) < 4.78 is 5.48. The molecule has 1 aliphatic rings. The zero-order chi connectivity index (χ0) is 14.5. The second-order valence-electron chi connectivity index (χ2n) is 4.55. The molecule has 3 rings (SSSR count). The second kappa shape index (κ2) is 6.33. The lowest BCUT2D eigenvalue weighted by molar-refractivity contribution is 0.307. The van der Waals surface area contributed by atoms with E-state index in [4.69, 9.17) is 17.0 Å². The lowest BCUT2D eigenvalue weighted by Gasteiger charge is -2.09. The van der Waals surface area contributed by atoms with Gasteiger partial charge >= 0.3 is 0 Å². The first-order valence-corrected chi connectivity index (χ1v) is 7.05. The number of hydrogen-bond donors (Lipinski definition) is 1. The Kier molecular flexibility index (Phi) is 4.07. The molecule has 21 heavy (non-hydrogen) atoms. The number of thiocarbonyl (C=S) groups is 1. The Morgan fingerprint density at radius 2 is 1.62 bits per heavy atom. The summed E-state index contributed by atoms with van der Waals surface area (Å²) in [5.41, 5.74) is 2.70. The molecule has 0 fully saturated rings. The van der Waals surface area contributed by atoms with Crippen molar-refractivity contribution in [1.29, 1.82) is 0 Å². The summed E-state index contributed by atoms with van der Waals surface area (Å²) >= 11 is 5.36. The topological polar surface area (TPSA) is 33.6 Å². The quantitative estimate of drug-likeness (QED) is 0.853. The van der Waals surface area contributed by atoms with Gasteiger partial charge in [0.15, 0.2) is 0 Å². The summed E-state index contributed by atoms with van der Waals surface area (Å²) in [4.78, 5) is 5.28. The van der Waals surface area contributed by atoms with Crippen LogP contribution in [-0.2, 0) is 4.74 Å². The SMILES string of the molecule is S=C1COC=C(c2ccccc2)N=C1Nc1ccccc1. The minimum atomic E-state index is 0.352. The van der Waals surface area contributed by atoms with E-state index in [0.717, 1.165) is 16.9 Å². The van der Waals surface area contributed by atoms with Crippen LogP contribution in [0.2, 0.25) is 0 Å². The highest BCUT2D eigenvalue weighted by atomic mass is 32.1. The van der Waals surface area contributed by atoms with Crippen molar-refractivity contribution in [3.63, 3.8) is 0 Å². The molecule has 2 aromatic carbocycles. The highest BCUT2D eigenvalue weighted by Gasteiger charge is 2.13. The number of para-hydroxylation sites is 1. The van der Waals surface area contributed by atoms with Crippen LogP contribution in [-0.4, -0.2) is 17.3 Å². The average Bonchev–Trinajstić information content (AvgIpc) is 2.72. The fourth-order valence-corrected chi connectivity index (χ4v) is 2.14. The molecule has 0 aromatic heterocycles. The number of benzene rings is 2. The van der Waals surface area contributed by atoms with Gasteiger partial charge in [-0.1, -0.05) is 60.7 Å². The van der Waals surface area contributed by atoms with Gasteiger partial charge in [-0.25, -0.2) is 4.99 Å². The number of aliphatic imine (C=N–C) groups is 1. The molecular formula is C17H14N2OS. The molecule has 0 aliphatic carbocycles. The normalized spacial score (nSPS) is 14.6. The van der Waals surface area contributed by atoms with Gasteiger partial charge in [-0.2, -0.15) is 0 Å². The minimum Gasteiger partial charge on any atom is -0.493 e. The monoisotopic (exact) mass is 294 g/mol. The summed E-state index contributed by atoms with van der Waals surface area (Å²) in [6.07, 6.45) is 1.65. The van der Waals surface area contributed by atoms with Crippen molar-refractivity contribution in [1.82, 2.24) is 0 Å². The molecule has 0 atom stereocenters. The molecule has 2 aromatic rings. The van der Waals surface area contributed by atoms with Crippen molar-refractivity contribution in [2.75, 3.05) is 11.9 Å². The van der Waals surface area contributed by atoms with Crippen LogP contribution in [0, 0.1) is 0 Å². The maximum Gasteiger partial charge on any atom is 0.148 e. The van der Waals surface area contributed by atoms with Crippen molar-refractivity contribution in [3.05, 3.63) is 72.5 Å². The molecule has 1 N–H and O–H groups in total. The highest BCUT2D eigenvalue weighted by molar-refractivity contribution is 7.82. The highest BCUT2D eigenvalue weighted by Crippen LogP contribution is 2.19. The van der Waals surface area contributed by atoms with Crippen molar-refractivity contribution < 1.29 is 4.74 Å². The summed E-state index contributed by atoms with van der Waals surface area (Å²) in [6, 6.07) is 19.8. The predicted molar refractivity (Wildman–Crippen MR) is 90.5 cm³/mol. The minimum absolute atomic E-state index is 0.352. The van der Waals surface area contributed by atoms with Crippen molar-refractivity contribution >= 4 is 34.3 Å². The molecule has 0 unspecified atom stereocenters. The molecule has 0 saturated heterocycles. The van der Waals surface area contributed by atoms with E-state index in [1.165, 1.54) is 0 Å². The maximum absolute atomic E-state index is 5.48. The number of anilines is 1. The molecule has 4 heteroatoms. The molecule has 0 radical (unpaired) electrons. The van der Waals surface area contributed by atoms with Crippen LogP contribution < -0.4 is 5.32 Å². The molecule has 0 spiro atoms. The van der Waals surface area contributed by atoms with Crippen molar-refractivity contribution in [2.45, 2.75) is 0 Å². The maximum atomic E-state index is 5.48. The molecular weight excluding hydrogens is 280 g/mol. The van der Waals surface area contributed by atoms with Crippen LogP contribution in [0.25, 0.3) is 5.70 Å². The fraction of sp³-hybridized carbons (Fsp3) is 0.0588. The zero-order valence-corrected chi connectivity index (χ0v) is 12.1. The zero-order valence-electron chi connectivity index (χ0n) is 11.3. The van der Waals surface area contributed by atoms with Gasteiger partial charge in [-0.15, -0.1) is 0 Å². The number of ether oxygens (including phenoxy) is 1. The summed E-state index contributed by atoms with van der Waals surface area (Å²) in [5.74, 6) is 0.656. The number of nitrogens with one attached hydrogen (secondary N) is 1. The first-order valence-electron chi connectivity index (χ1n) is 6.64. The van der Waals surface area contributed by atoms with E-state index in [1.807, 2.05) is 60.7 Å². The Labute approximate surface area is 129 Å². The third-order valence-electron chi connectivity index (χ3n) is 3.01. The lowest BCUT2D eigenvalue weighted by Crippen LogP contribution is -2.24. The average molecular weight is 294 g/mol. The van der Waals surface area contributed by atoms with E-state index in [1.54, 1.807) is 6.26 Å². The fourth-order valence-electron chi connectivity index (χ4n) is 1.97. The van der Waals surface area contributed by atoms with Crippen LogP contribution in [0.3, 0.4) is 0 Å². The van der Waals surface area contributed by atoms with Crippen LogP contribution in [0.4, 0.5) is 5.69 Å². The van der Waals surface area contributed by atoms with E-state index in [2.05, 4.69) is 10.3 Å². The third-order valence-corrected chi connectivity index (χ3v) is 3.32. The standard InChI is InChI=1S/C17H14N2OS/c21-16-12-20-11-15(13-7-3-1-4-8-13)19-17(16)18-14-9-5-2-6-10-14/h1-11H,12H2,(H,18,19). The molecule has 0 amide bonds. The summed E-state index contributed by atoms with van der Waals surface area (Å²) in [5, 5.41) is 3.26. The van der Waals surface area contributed by atoms with Gasteiger partial charge in [-0.3, -0.25) is 0 Å². The Morgan fingerprint density at radius 3 is 2.33 bits per heavy atom. The number of amidine groups is 1. The molecule has 1 aliphatic heterocycles. The largest absolute Gasteiger partial charge is 0.493 e. The smallest absolute Gasteiger partial charge is 0.148 e. The first-order chi connectivity index (χ1) is 10.3. The van der Waals surface area contributed by atoms with Crippen LogP contribution in [0.15, 0.2) is 71.9 Å². The molecule has 0 bridgehead atoms. The Hall–Kier alpha value is -2.46. The summed E-state index contributed by atoms with van der Waals surface area (Å²) in [7, 11) is 0. The summed E-state index contributed by atoms with van der Waals surface area (Å²) in [6.45, 7) is 0.352. The van der Waals surface area contributed by atoms with Crippen molar-refractivity contribution in [3.8, 4) is 0 Å². The van der Waals surface area contributed by atoms with Gasteiger partial charge in [0.2, 0.25) is 0 Å². The van der Waals surface area contributed by atoms with E-state index < -0.39 is 0 Å². The third kappa shape index (κ3) is 3.35. The number of hydrogen-bond acceptors (Lipinski definition) is 4. The predicted octanol–water partition coefficient (Wildman–Crippen LogP) is 3.90. The molecule has 3 nitrogen and oxygen atoms in total. The Bertz CT molecular complexity index is 693. The van der Waals surface area contributed by atoms with Gasteiger partial charge in [0.25, 0.3) is 0 Å². The van der Waals surface area contributed by atoms with Crippen molar-refractivity contribution in [2.24, 2.45) is 4.99 Å². The molecule has 104 valence electrons. The Balaban J connectivity index is 1.92. The van der Waals surface area contributed by atoms with Crippen LogP contribution in [0.5, 0.6) is 0 Å². The number of nitrogens with zero attached hydrogens (tertiary/aromatic N) is 1. The number of rotatable bonds is 2. The van der Waals surface area contributed by atoms with Gasteiger partial charge in [0, 0.05) is 11.3 Å². The van der Waals surface area contributed by atoms with E-state index in [9.17, 15) is 0 Å². The van der Waals surface area contributed by atoms with E-state index in [-0.39, 0.29) is 0 Å². The van der Waals surface area contributed by atoms with Gasteiger partial charge < -0.3 is 10.1 Å².